The number of amides is 2. The van der Waals surface area contributed by atoms with Crippen LogP contribution in [0.5, 0.6) is 0 Å². The zero-order valence-corrected chi connectivity index (χ0v) is 66.3. The molecule has 458 valence electrons. The molecule has 0 aliphatic carbocycles. The molecule has 2 amide bonds. The van der Waals surface area contributed by atoms with Gasteiger partial charge in [-0.25, -0.2) is 9.59 Å². The van der Waals surface area contributed by atoms with Crippen LogP contribution in [0.1, 0.15) is 105 Å². The Morgan fingerprint density at radius 2 is 1.04 bits per heavy atom. The summed E-state index contributed by atoms with van der Waals surface area (Å²) in [5.41, 5.74) is 3.54. The van der Waals surface area contributed by atoms with Crippen molar-refractivity contribution in [2.75, 3.05) is 94.7 Å². The van der Waals surface area contributed by atoms with Crippen LogP contribution in [0.2, 0.25) is 30.1 Å². The average molecular weight is 1490 g/mol. The van der Waals surface area contributed by atoms with Gasteiger partial charge in [0.2, 0.25) is 0 Å². The van der Waals surface area contributed by atoms with Gasteiger partial charge in [-0.3, -0.25) is 13.9 Å². The van der Waals surface area contributed by atoms with Crippen LogP contribution < -0.4 is 177 Å². The van der Waals surface area contributed by atoms with Crippen molar-refractivity contribution in [1.29, 1.82) is 0 Å². The Morgan fingerprint density at radius 1 is 0.635 bits per heavy atom. The fraction of sp³-hybridized carbons (Fsp3) is 0.534. The molecule has 0 saturated carbocycles. The molecule has 1 N–H and O–H groups in total. The number of carbonyl (C=O) groups is 3. The number of hydrogen-bond acceptors (Lipinski definition) is 14. The van der Waals surface area contributed by atoms with Crippen molar-refractivity contribution in [2.45, 2.75) is 103 Å². The summed E-state index contributed by atoms with van der Waals surface area (Å²) in [6.07, 6.45) is 6.19. The zero-order chi connectivity index (χ0) is 59.5. The molecule has 16 nitrogen and oxygen atoms in total. The van der Waals surface area contributed by atoms with Gasteiger partial charge in [0.15, 0.2) is 0 Å². The number of halogens is 7. The number of likely N-dealkylation sites (tertiary alicyclic amines) is 2. The van der Waals surface area contributed by atoms with Crippen molar-refractivity contribution in [2.24, 2.45) is 11.8 Å². The molecule has 2 atom stereocenters. The van der Waals surface area contributed by atoms with E-state index in [1.54, 1.807) is 11.0 Å². The second kappa shape index (κ2) is 41.7. The number of nitrogens with one attached hydrogen (secondary N) is 1. The molecule has 0 spiro atoms. The Balaban J connectivity index is 0.00000125. The summed E-state index contributed by atoms with van der Waals surface area (Å²) in [6, 6.07) is 27.9. The number of benzene rings is 4. The van der Waals surface area contributed by atoms with Gasteiger partial charge >= 0.3 is 145 Å². The monoisotopic (exact) mass is 1490 g/mol. The van der Waals surface area contributed by atoms with E-state index < -0.39 is 21.3 Å². The Kier molecular flexibility index (Phi) is 41.2. The van der Waals surface area contributed by atoms with E-state index in [4.69, 9.17) is 93.3 Å². The van der Waals surface area contributed by atoms with E-state index in [1.165, 1.54) is 11.1 Å². The van der Waals surface area contributed by atoms with Gasteiger partial charge in [0.25, 0.3) is 16.6 Å². The van der Waals surface area contributed by atoms with Gasteiger partial charge in [-0.2, -0.15) is 8.42 Å². The first-order valence-corrected chi connectivity index (χ1v) is 31.2. The standard InChI is InChI=1S/C28H36Cl3N3O2.C16H15Cl3N2.C13H25NO5S.CH2O3.HI.2K.Na.H/c1-28(2,3)36-27(35)33-14-11-20(12-15-33)10-13-32-16-17-34(25-9-8-23(30)18-24(25)31)26(19-32)21-4-6-22(29)7-5-21;17-12-3-1-11(2-4-12)16-10-20-7-8-21(16)15-6-5-13(18)9-14(15)19;1-13(2,3)19-12(15)14-8-5-11(6-9-14)7-10-18-20(4,16)17;2-1-4-3;;;;;/h4-9,18,20,26H,10-17,19H2,1-3H3;1-6,9,16,20H,7-8,10H2;11H,5-10H2,1-4H3;1,3H;1H;;;;/q;;;;;3*+1;-1/p-2. The van der Waals surface area contributed by atoms with Gasteiger partial charge in [-0.1, -0.05) is 93.9 Å². The maximum Gasteiger partial charge on any atom is 1.00 e. The molecule has 0 bridgehead atoms. The maximum atomic E-state index is 12.4. The first-order valence-electron chi connectivity index (χ1n) is 27.1. The van der Waals surface area contributed by atoms with Gasteiger partial charge in [0.05, 0.1) is 46.4 Å². The van der Waals surface area contributed by atoms with E-state index in [-0.39, 0.29) is 195 Å². The van der Waals surface area contributed by atoms with Crippen molar-refractivity contribution in [3.05, 3.63) is 126 Å². The summed E-state index contributed by atoms with van der Waals surface area (Å²) in [7, 11) is -3.35. The third-order valence-corrected chi connectivity index (χ3v) is 16.1. The van der Waals surface area contributed by atoms with Crippen LogP contribution in [0.3, 0.4) is 0 Å². The number of piperidine rings is 2. The SMILES string of the molecule is CC(C)(C)OC(=O)N1CCC(CCN2CCN(c3ccc(Cl)cc3Cl)C(c3ccc(Cl)cc3)C2)CC1.CC(C)(C)OC(=O)N1CCC(CCOS(C)(=O)=O)CC1.Clc1ccc(C2CNCCN2c2ccc(Cl)cc2Cl)cc1.O=CO[O-].[H-].[I-].[K+].[K+].[Na+]. The van der Waals surface area contributed by atoms with Gasteiger partial charge < -0.3 is 69.9 Å². The van der Waals surface area contributed by atoms with Crippen molar-refractivity contribution in [3.8, 4) is 0 Å². The Bertz CT molecular complexity index is 2760. The maximum absolute atomic E-state index is 12.4. The second-order valence-electron chi connectivity index (χ2n) is 22.3. The molecule has 4 aromatic rings. The smallest absolute Gasteiger partial charge is 1.00 e. The van der Waals surface area contributed by atoms with Crippen LogP contribution >= 0.6 is 69.6 Å². The molecule has 27 heteroatoms. The van der Waals surface area contributed by atoms with E-state index in [1.807, 2.05) is 101 Å². The normalized spacial score (nSPS) is 17.6. The fourth-order valence-corrected chi connectivity index (χ4v) is 11.6. The van der Waals surface area contributed by atoms with Crippen LogP contribution in [0.4, 0.5) is 21.0 Å². The number of ether oxygens (including phenoxy) is 2. The predicted molar refractivity (Wildman–Crippen MR) is 325 cm³/mol. The molecule has 85 heavy (non-hydrogen) atoms. The summed E-state index contributed by atoms with van der Waals surface area (Å²) in [4.78, 5) is 46.3. The molecule has 4 aliphatic heterocycles. The largest absolute Gasteiger partial charge is 1.00 e. The van der Waals surface area contributed by atoms with Gasteiger partial charge in [-0.05, 0) is 170 Å². The van der Waals surface area contributed by atoms with Crippen LogP contribution in [-0.2, 0) is 33.5 Å². The Labute approximate surface area is 660 Å². The number of nitrogens with zero attached hydrogens (tertiary/aromatic N) is 5. The molecule has 0 aromatic heterocycles. The topological polar surface area (TPSA) is 174 Å². The van der Waals surface area contributed by atoms with E-state index >= 15 is 0 Å². The van der Waals surface area contributed by atoms with E-state index in [2.05, 4.69) is 49.2 Å². The summed E-state index contributed by atoms with van der Waals surface area (Å²) in [5.74, 6) is 1.02. The number of carbonyl (C=O) groups excluding carboxylic acids is 3. The van der Waals surface area contributed by atoms with Crippen molar-refractivity contribution in [3.63, 3.8) is 0 Å². The van der Waals surface area contributed by atoms with E-state index in [0.717, 1.165) is 119 Å². The zero-order valence-electron chi connectivity index (χ0n) is 51.6. The first-order chi connectivity index (χ1) is 38.2. The number of rotatable bonds is 12. The molecule has 4 aliphatic rings. The van der Waals surface area contributed by atoms with Gasteiger partial charge in [0.1, 0.15) is 11.2 Å². The molecule has 4 aromatic carbocycles. The predicted octanol–water partition coefficient (Wildman–Crippen LogP) is 0.908. The minimum Gasteiger partial charge on any atom is -1.00 e. The third kappa shape index (κ3) is 30.8. The third-order valence-electron chi connectivity index (χ3n) is 13.9. The summed E-state index contributed by atoms with van der Waals surface area (Å²) in [5, 5.41) is 16.0. The minimum atomic E-state index is -3.35. The van der Waals surface area contributed by atoms with E-state index in [9.17, 15) is 18.0 Å². The van der Waals surface area contributed by atoms with Crippen LogP contribution in [0.25, 0.3) is 0 Å². The van der Waals surface area contributed by atoms with Crippen LogP contribution in [0.15, 0.2) is 84.9 Å². The molecule has 8 rings (SSSR count). The molecule has 4 saturated heterocycles. The number of anilines is 2. The number of hydrogen-bond donors (Lipinski definition) is 1. The summed E-state index contributed by atoms with van der Waals surface area (Å²) in [6.45, 7) is 20.7. The summed E-state index contributed by atoms with van der Waals surface area (Å²) < 4.78 is 37.3. The minimum absolute atomic E-state index is 0. The Morgan fingerprint density at radius 3 is 1.44 bits per heavy atom. The van der Waals surface area contributed by atoms with Crippen molar-refractivity contribution < 1.29 is 204 Å². The fourth-order valence-electron chi connectivity index (χ4n) is 9.90. The quantitative estimate of drug-likeness (QED) is 0.0530. The second-order valence-corrected chi connectivity index (χ2v) is 26.5. The van der Waals surface area contributed by atoms with E-state index in [0.29, 0.717) is 51.4 Å². The molecule has 0 radical (unpaired) electrons. The van der Waals surface area contributed by atoms with Crippen molar-refractivity contribution >= 4 is 110 Å². The molecule has 4 fully saturated rings. The number of piperazine rings is 2. The van der Waals surface area contributed by atoms with Gasteiger partial charge in [0, 0.05) is 85.5 Å². The van der Waals surface area contributed by atoms with Gasteiger partial charge in [-0.15, -0.1) is 0 Å². The average Bonchev–Trinajstić information content (AvgIpc) is 2.19. The first kappa shape index (κ1) is 84.0. The molecule has 4 heterocycles. The van der Waals surface area contributed by atoms with Crippen molar-refractivity contribution in [1.82, 2.24) is 20.0 Å². The Hall–Kier alpha value is 1.02. The van der Waals surface area contributed by atoms with Crippen LogP contribution in [-0.4, -0.2) is 138 Å². The molecular formula is C58H78Cl6IK2N6NaO10S. The molecular weight excluding hydrogens is 1410 g/mol. The van der Waals surface area contributed by atoms with Crippen LogP contribution in [0, 0.1) is 11.8 Å². The molecule has 2 unspecified atom stereocenters. The summed E-state index contributed by atoms with van der Waals surface area (Å²) >= 11 is 37.3.